The summed E-state index contributed by atoms with van der Waals surface area (Å²) in [7, 11) is 0. The average Bonchev–Trinajstić information content (AvgIpc) is 3.52. The van der Waals surface area contributed by atoms with Crippen molar-refractivity contribution in [2.75, 3.05) is 13.1 Å². The van der Waals surface area contributed by atoms with Crippen molar-refractivity contribution >= 4 is 5.91 Å². The van der Waals surface area contributed by atoms with Crippen molar-refractivity contribution in [2.24, 2.45) is 5.92 Å². The van der Waals surface area contributed by atoms with E-state index in [9.17, 15) is 9.59 Å². The van der Waals surface area contributed by atoms with E-state index in [0.717, 1.165) is 24.1 Å². The zero-order valence-electron chi connectivity index (χ0n) is 16.7. The van der Waals surface area contributed by atoms with Crippen LogP contribution in [-0.4, -0.2) is 48.6 Å². The number of nitrogens with one attached hydrogen (secondary N) is 1. The Labute approximate surface area is 174 Å². The molecule has 8 nitrogen and oxygen atoms in total. The molecule has 3 aromatic rings. The third kappa shape index (κ3) is 3.90. The van der Waals surface area contributed by atoms with Crippen LogP contribution in [0.5, 0.6) is 0 Å². The van der Waals surface area contributed by atoms with E-state index in [1.54, 1.807) is 29.4 Å². The van der Waals surface area contributed by atoms with Gasteiger partial charge in [0.25, 0.3) is 11.5 Å². The predicted molar refractivity (Wildman–Crippen MR) is 111 cm³/mol. The summed E-state index contributed by atoms with van der Waals surface area (Å²) in [4.78, 5) is 35.6. The van der Waals surface area contributed by atoms with Gasteiger partial charge in [0.2, 0.25) is 0 Å². The van der Waals surface area contributed by atoms with Gasteiger partial charge < -0.3 is 4.90 Å². The fourth-order valence-electron chi connectivity index (χ4n) is 4.04. The number of carbonyl (C=O) groups is 1. The Kier molecular flexibility index (Phi) is 4.90. The van der Waals surface area contributed by atoms with Crippen LogP contribution in [0.15, 0.2) is 47.8 Å². The fraction of sp³-hybridized carbons (Fsp3) is 0.409. The molecule has 0 atom stereocenters. The number of aromatic nitrogens is 5. The van der Waals surface area contributed by atoms with Gasteiger partial charge in [-0.25, -0.2) is 4.98 Å². The highest BCUT2D eigenvalue weighted by Crippen LogP contribution is 2.39. The number of pyridine rings is 1. The van der Waals surface area contributed by atoms with Crippen LogP contribution in [0.25, 0.3) is 11.3 Å². The molecule has 2 aliphatic rings. The molecule has 0 spiro atoms. The minimum absolute atomic E-state index is 0.00347. The fourth-order valence-corrected chi connectivity index (χ4v) is 4.04. The molecule has 0 aromatic carbocycles. The SMILES string of the molecule is O=C(c1cc(C2CC2)[nH]n1)N1CCC(Cn2cnc(-c3cccnc3)cc2=O)CC1. The van der Waals surface area contributed by atoms with Crippen LogP contribution in [0.2, 0.25) is 0 Å². The Morgan fingerprint density at radius 1 is 1.17 bits per heavy atom. The molecule has 0 radical (unpaired) electrons. The van der Waals surface area contributed by atoms with Gasteiger partial charge in [-0.1, -0.05) is 0 Å². The lowest BCUT2D eigenvalue weighted by Crippen LogP contribution is -2.40. The molecule has 1 amide bonds. The number of amides is 1. The van der Waals surface area contributed by atoms with Crippen LogP contribution < -0.4 is 5.56 Å². The van der Waals surface area contributed by atoms with Crippen LogP contribution in [0.1, 0.15) is 47.8 Å². The molecule has 8 heteroatoms. The van der Waals surface area contributed by atoms with Gasteiger partial charge in [-0.2, -0.15) is 5.10 Å². The maximum atomic E-state index is 12.7. The predicted octanol–water partition coefficient (Wildman–Crippen LogP) is 2.46. The molecule has 154 valence electrons. The lowest BCUT2D eigenvalue weighted by Gasteiger charge is -2.31. The topological polar surface area (TPSA) is 96.8 Å². The molecular formula is C22H24N6O2. The van der Waals surface area contributed by atoms with E-state index in [4.69, 9.17) is 0 Å². The second kappa shape index (κ2) is 7.85. The number of aromatic amines is 1. The first-order chi connectivity index (χ1) is 14.7. The Morgan fingerprint density at radius 2 is 2.00 bits per heavy atom. The average molecular weight is 404 g/mol. The Balaban J connectivity index is 1.19. The summed E-state index contributed by atoms with van der Waals surface area (Å²) in [6.07, 6.45) is 9.10. The van der Waals surface area contributed by atoms with Gasteiger partial charge in [-0.3, -0.25) is 24.2 Å². The summed E-state index contributed by atoms with van der Waals surface area (Å²) in [6.45, 7) is 1.99. The minimum atomic E-state index is -0.0634. The number of nitrogens with zero attached hydrogens (tertiary/aromatic N) is 5. The summed E-state index contributed by atoms with van der Waals surface area (Å²) in [6, 6.07) is 7.18. The van der Waals surface area contributed by atoms with Crippen molar-refractivity contribution in [3.05, 3.63) is 64.7 Å². The molecule has 3 aromatic heterocycles. The molecule has 1 aliphatic carbocycles. The zero-order valence-corrected chi connectivity index (χ0v) is 16.7. The lowest BCUT2D eigenvalue weighted by atomic mass is 9.96. The van der Waals surface area contributed by atoms with Crippen LogP contribution >= 0.6 is 0 Å². The highest BCUT2D eigenvalue weighted by molar-refractivity contribution is 5.92. The molecule has 1 saturated carbocycles. The van der Waals surface area contributed by atoms with E-state index >= 15 is 0 Å². The second-order valence-corrected chi connectivity index (χ2v) is 8.22. The molecule has 1 saturated heterocycles. The molecule has 1 N–H and O–H groups in total. The smallest absolute Gasteiger partial charge is 0.274 e. The summed E-state index contributed by atoms with van der Waals surface area (Å²) in [5, 5.41) is 7.22. The van der Waals surface area contributed by atoms with Crippen LogP contribution in [0, 0.1) is 5.92 Å². The van der Waals surface area contributed by atoms with Gasteiger partial charge >= 0.3 is 0 Å². The number of carbonyl (C=O) groups excluding carboxylic acids is 1. The third-order valence-corrected chi connectivity index (χ3v) is 6.03. The number of hydrogen-bond donors (Lipinski definition) is 1. The maximum Gasteiger partial charge on any atom is 0.274 e. The lowest BCUT2D eigenvalue weighted by molar-refractivity contribution is 0.0676. The van der Waals surface area contributed by atoms with Crippen LogP contribution in [-0.2, 0) is 6.54 Å². The summed E-state index contributed by atoms with van der Waals surface area (Å²) in [5.74, 6) is 0.900. The normalized spacial score (nSPS) is 17.3. The maximum absolute atomic E-state index is 12.7. The molecule has 2 fully saturated rings. The number of H-pyrrole nitrogens is 1. The zero-order chi connectivity index (χ0) is 20.5. The quantitative estimate of drug-likeness (QED) is 0.705. The molecule has 0 unspecified atom stereocenters. The van der Waals surface area contributed by atoms with E-state index in [1.807, 2.05) is 23.1 Å². The largest absolute Gasteiger partial charge is 0.337 e. The first-order valence-corrected chi connectivity index (χ1v) is 10.5. The Bertz CT molecular complexity index is 1090. The van der Waals surface area contributed by atoms with E-state index in [1.165, 1.54) is 12.8 Å². The van der Waals surface area contributed by atoms with Crippen molar-refractivity contribution in [3.8, 4) is 11.3 Å². The standard InChI is InChI=1S/C22H24N6O2/c29-21-11-18(17-2-1-7-23-12-17)24-14-28(21)13-15-5-8-27(9-6-15)22(30)20-10-19(25-26-20)16-3-4-16/h1-2,7,10-12,14-16H,3-6,8-9,13H2,(H,25,26). The van der Waals surface area contributed by atoms with Crippen molar-refractivity contribution in [2.45, 2.75) is 38.1 Å². The van der Waals surface area contributed by atoms with Gasteiger partial charge in [-0.05, 0) is 49.8 Å². The van der Waals surface area contributed by atoms with Gasteiger partial charge in [0.15, 0.2) is 0 Å². The Morgan fingerprint density at radius 3 is 2.70 bits per heavy atom. The van der Waals surface area contributed by atoms with E-state index in [2.05, 4.69) is 20.2 Å². The van der Waals surface area contributed by atoms with Crippen molar-refractivity contribution < 1.29 is 4.79 Å². The van der Waals surface area contributed by atoms with E-state index < -0.39 is 0 Å². The van der Waals surface area contributed by atoms with Gasteiger partial charge in [0.05, 0.1) is 12.0 Å². The highest BCUT2D eigenvalue weighted by atomic mass is 16.2. The molecule has 5 rings (SSSR count). The monoisotopic (exact) mass is 404 g/mol. The molecular weight excluding hydrogens is 380 g/mol. The van der Waals surface area contributed by atoms with Crippen molar-refractivity contribution in [1.82, 2.24) is 29.6 Å². The number of piperidine rings is 1. The van der Waals surface area contributed by atoms with Gasteiger partial charge in [0.1, 0.15) is 5.69 Å². The van der Waals surface area contributed by atoms with Crippen LogP contribution in [0.4, 0.5) is 0 Å². The van der Waals surface area contributed by atoms with Crippen molar-refractivity contribution in [3.63, 3.8) is 0 Å². The van der Waals surface area contributed by atoms with Gasteiger partial charge in [-0.15, -0.1) is 0 Å². The molecule has 1 aliphatic heterocycles. The highest BCUT2D eigenvalue weighted by Gasteiger charge is 2.29. The van der Waals surface area contributed by atoms with E-state index in [0.29, 0.717) is 42.9 Å². The minimum Gasteiger partial charge on any atom is -0.337 e. The number of hydrogen-bond acceptors (Lipinski definition) is 5. The Hall–Kier alpha value is -3.29. The van der Waals surface area contributed by atoms with Crippen LogP contribution in [0.3, 0.4) is 0 Å². The van der Waals surface area contributed by atoms with Crippen molar-refractivity contribution in [1.29, 1.82) is 0 Å². The molecule has 0 bridgehead atoms. The summed E-state index contributed by atoms with van der Waals surface area (Å²) < 4.78 is 1.66. The van der Waals surface area contributed by atoms with E-state index in [-0.39, 0.29) is 11.5 Å². The third-order valence-electron chi connectivity index (χ3n) is 6.03. The molecule has 30 heavy (non-hydrogen) atoms. The second-order valence-electron chi connectivity index (χ2n) is 8.22. The number of rotatable bonds is 5. The summed E-state index contributed by atoms with van der Waals surface area (Å²) in [5.41, 5.74) is 2.99. The number of likely N-dealkylation sites (tertiary alicyclic amines) is 1. The summed E-state index contributed by atoms with van der Waals surface area (Å²) >= 11 is 0. The molecule has 4 heterocycles. The first kappa shape index (κ1) is 18.7. The van der Waals surface area contributed by atoms with Gasteiger partial charge in [0, 0.05) is 55.3 Å². The first-order valence-electron chi connectivity index (χ1n) is 10.5.